The van der Waals surface area contributed by atoms with E-state index in [4.69, 9.17) is 5.11 Å². The fraction of sp³-hybridized carbons (Fsp3) is 0.250. The lowest BCUT2D eigenvalue weighted by atomic mass is 10.0. The van der Waals surface area contributed by atoms with Crippen LogP contribution in [0.25, 0.3) is 11.1 Å². The number of ether oxygens (including phenoxy) is 1. The predicted molar refractivity (Wildman–Crippen MR) is 74.0 cm³/mol. The van der Waals surface area contributed by atoms with Gasteiger partial charge in [-0.3, -0.25) is 0 Å². The topological polar surface area (TPSA) is 29.5 Å². The Morgan fingerprint density at radius 3 is 2.24 bits per heavy atom. The first kappa shape index (κ1) is 15.4. The highest BCUT2D eigenvalue weighted by Gasteiger charge is 2.32. The van der Waals surface area contributed by atoms with Crippen molar-refractivity contribution in [2.24, 2.45) is 0 Å². The Morgan fingerprint density at radius 1 is 0.952 bits per heavy atom. The van der Waals surface area contributed by atoms with Crippen LogP contribution in [-0.2, 0) is 6.42 Å². The van der Waals surface area contributed by atoms with Crippen molar-refractivity contribution in [2.45, 2.75) is 19.2 Å². The van der Waals surface area contributed by atoms with Gasteiger partial charge in [-0.2, -0.15) is 0 Å². The van der Waals surface area contributed by atoms with Crippen molar-refractivity contribution >= 4 is 0 Å². The van der Waals surface area contributed by atoms with Crippen LogP contribution < -0.4 is 4.74 Å². The summed E-state index contributed by atoms with van der Waals surface area (Å²) >= 11 is 0. The molecule has 0 aliphatic carbocycles. The lowest BCUT2D eigenvalue weighted by Gasteiger charge is -2.13. The van der Waals surface area contributed by atoms with Crippen LogP contribution in [0.15, 0.2) is 48.5 Å². The van der Waals surface area contributed by atoms with E-state index >= 15 is 0 Å². The molecule has 0 aromatic heterocycles. The molecule has 2 aromatic rings. The summed E-state index contributed by atoms with van der Waals surface area (Å²) in [4.78, 5) is 0. The summed E-state index contributed by atoms with van der Waals surface area (Å²) in [6.45, 7) is 0.115. The Hall–Kier alpha value is -2.01. The highest BCUT2D eigenvalue weighted by atomic mass is 19.4. The van der Waals surface area contributed by atoms with Crippen molar-refractivity contribution in [1.29, 1.82) is 0 Å². The lowest BCUT2D eigenvalue weighted by Crippen LogP contribution is -2.17. The summed E-state index contributed by atoms with van der Waals surface area (Å²) < 4.78 is 41.2. The average Bonchev–Trinajstić information content (AvgIpc) is 2.45. The molecule has 0 unspecified atom stereocenters. The van der Waals surface area contributed by atoms with E-state index in [9.17, 15) is 13.2 Å². The van der Waals surface area contributed by atoms with E-state index in [-0.39, 0.29) is 12.4 Å². The van der Waals surface area contributed by atoms with E-state index in [2.05, 4.69) is 4.74 Å². The molecule has 1 N–H and O–H groups in total. The molecule has 0 atom stereocenters. The molecular weight excluding hydrogens is 281 g/mol. The average molecular weight is 296 g/mol. The van der Waals surface area contributed by atoms with E-state index in [1.54, 1.807) is 24.3 Å². The molecule has 0 aliphatic heterocycles. The first-order chi connectivity index (χ1) is 9.99. The van der Waals surface area contributed by atoms with E-state index in [1.165, 1.54) is 12.1 Å². The van der Waals surface area contributed by atoms with Gasteiger partial charge < -0.3 is 9.84 Å². The molecule has 0 aliphatic rings. The van der Waals surface area contributed by atoms with E-state index in [0.29, 0.717) is 17.5 Å². The number of halogens is 3. The van der Waals surface area contributed by atoms with Crippen molar-refractivity contribution in [1.82, 2.24) is 0 Å². The molecule has 0 fully saturated rings. The molecule has 0 spiro atoms. The minimum atomic E-state index is -4.71. The quantitative estimate of drug-likeness (QED) is 0.897. The summed E-state index contributed by atoms with van der Waals surface area (Å²) in [6, 6.07) is 13.2. The molecule has 5 heteroatoms. The van der Waals surface area contributed by atoms with Crippen LogP contribution in [0.4, 0.5) is 13.2 Å². The van der Waals surface area contributed by atoms with Gasteiger partial charge in [0.05, 0.1) is 0 Å². The first-order valence-corrected chi connectivity index (χ1v) is 6.54. The van der Waals surface area contributed by atoms with Gasteiger partial charge in [0.2, 0.25) is 0 Å². The SMILES string of the molecule is OCCCc1ccc(-c2ccccc2OC(F)(F)F)cc1. The fourth-order valence-electron chi connectivity index (χ4n) is 2.05. The van der Waals surface area contributed by atoms with Crippen molar-refractivity contribution < 1.29 is 23.0 Å². The summed E-state index contributed by atoms with van der Waals surface area (Å²) in [5, 5.41) is 8.78. The van der Waals surface area contributed by atoms with Crippen LogP contribution in [0.3, 0.4) is 0 Å². The maximum atomic E-state index is 12.4. The molecule has 2 rings (SSSR count). The third-order valence-corrected chi connectivity index (χ3v) is 3.00. The second-order valence-corrected chi connectivity index (χ2v) is 4.57. The lowest BCUT2D eigenvalue weighted by molar-refractivity contribution is -0.274. The van der Waals surface area contributed by atoms with Crippen LogP contribution in [0.5, 0.6) is 5.75 Å². The van der Waals surface area contributed by atoms with Gasteiger partial charge in [-0.15, -0.1) is 13.2 Å². The Kier molecular flexibility index (Phi) is 4.85. The molecule has 0 bridgehead atoms. The normalized spacial score (nSPS) is 11.4. The second-order valence-electron chi connectivity index (χ2n) is 4.57. The van der Waals surface area contributed by atoms with Gasteiger partial charge in [0.1, 0.15) is 5.75 Å². The monoisotopic (exact) mass is 296 g/mol. The van der Waals surface area contributed by atoms with Crippen molar-refractivity contribution in [2.75, 3.05) is 6.61 Å². The predicted octanol–water partition coefficient (Wildman–Crippen LogP) is 4.18. The number of rotatable bonds is 5. The third kappa shape index (κ3) is 4.49. The maximum Gasteiger partial charge on any atom is 0.573 e. The summed E-state index contributed by atoms with van der Waals surface area (Å²) in [6.07, 6.45) is -3.32. The van der Waals surface area contributed by atoms with E-state index in [1.807, 2.05) is 12.1 Å². The Labute approximate surface area is 120 Å². The number of hydrogen-bond acceptors (Lipinski definition) is 2. The second kappa shape index (κ2) is 6.63. The number of aliphatic hydroxyl groups is 1. The van der Waals surface area contributed by atoms with Gasteiger partial charge in [0.25, 0.3) is 0 Å². The summed E-state index contributed by atoms with van der Waals surface area (Å²) in [5.74, 6) is -0.215. The van der Waals surface area contributed by atoms with Crippen molar-refractivity contribution in [3.8, 4) is 16.9 Å². The molecule has 0 heterocycles. The molecule has 21 heavy (non-hydrogen) atoms. The molecule has 2 nitrogen and oxygen atoms in total. The summed E-state index contributed by atoms with van der Waals surface area (Å²) in [7, 11) is 0. The van der Waals surface area contributed by atoms with Crippen LogP contribution in [-0.4, -0.2) is 18.1 Å². The van der Waals surface area contributed by atoms with Gasteiger partial charge in [0.15, 0.2) is 0 Å². The fourth-order valence-corrected chi connectivity index (χ4v) is 2.05. The maximum absolute atomic E-state index is 12.4. The van der Waals surface area contributed by atoms with Crippen LogP contribution in [0.2, 0.25) is 0 Å². The number of aliphatic hydroxyl groups excluding tert-OH is 1. The van der Waals surface area contributed by atoms with Crippen LogP contribution in [0, 0.1) is 0 Å². The zero-order valence-corrected chi connectivity index (χ0v) is 11.2. The van der Waals surface area contributed by atoms with Gasteiger partial charge in [0, 0.05) is 12.2 Å². The molecule has 0 saturated carbocycles. The number of alkyl halides is 3. The third-order valence-electron chi connectivity index (χ3n) is 3.00. The largest absolute Gasteiger partial charge is 0.573 e. The van der Waals surface area contributed by atoms with Crippen molar-refractivity contribution in [3.63, 3.8) is 0 Å². The van der Waals surface area contributed by atoms with Crippen LogP contribution >= 0.6 is 0 Å². The van der Waals surface area contributed by atoms with Crippen LogP contribution in [0.1, 0.15) is 12.0 Å². The molecule has 112 valence electrons. The highest BCUT2D eigenvalue weighted by Crippen LogP contribution is 2.33. The molecule has 2 aromatic carbocycles. The minimum Gasteiger partial charge on any atom is -0.405 e. The molecule has 0 saturated heterocycles. The van der Waals surface area contributed by atoms with Gasteiger partial charge >= 0.3 is 6.36 Å². The number of hydrogen-bond donors (Lipinski definition) is 1. The zero-order chi connectivity index (χ0) is 15.3. The van der Waals surface area contributed by atoms with E-state index in [0.717, 1.165) is 12.0 Å². The number of benzene rings is 2. The molecule has 0 amide bonds. The smallest absolute Gasteiger partial charge is 0.405 e. The zero-order valence-electron chi connectivity index (χ0n) is 11.2. The van der Waals surface area contributed by atoms with Gasteiger partial charge in [-0.05, 0) is 30.0 Å². The Morgan fingerprint density at radius 2 is 1.62 bits per heavy atom. The standard InChI is InChI=1S/C16H15F3O2/c17-16(18,19)21-15-6-2-1-5-14(15)13-9-7-12(8-10-13)4-3-11-20/h1-2,5-10,20H,3-4,11H2. The minimum absolute atomic E-state index is 0.115. The highest BCUT2D eigenvalue weighted by molar-refractivity contribution is 5.70. The Balaban J connectivity index is 2.25. The molecular formula is C16H15F3O2. The molecule has 0 radical (unpaired) electrons. The van der Waals surface area contributed by atoms with Gasteiger partial charge in [-0.1, -0.05) is 42.5 Å². The Bertz CT molecular complexity index is 577. The van der Waals surface area contributed by atoms with Gasteiger partial charge in [-0.25, -0.2) is 0 Å². The number of para-hydroxylation sites is 1. The first-order valence-electron chi connectivity index (χ1n) is 6.54. The van der Waals surface area contributed by atoms with E-state index < -0.39 is 6.36 Å². The number of aryl methyl sites for hydroxylation is 1. The summed E-state index contributed by atoms with van der Waals surface area (Å²) in [5.41, 5.74) is 2.08. The van der Waals surface area contributed by atoms with Crippen molar-refractivity contribution in [3.05, 3.63) is 54.1 Å².